The molecule has 2 rings (SSSR count). The van der Waals surface area contributed by atoms with Crippen LogP contribution in [0.3, 0.4) is 0 Å². The molecule has 4 nitrogen and oxygen atoms in total. The molecule has 6 heteroatoms. The molecule has 1 aromatic rings. The lowest BCUT2D eigenvalue weighted by Crippen LogP contribution is -2.49. The molecule has 1 saturated heterocycles. The van der Waals surface area contributed by atoms with Crippen LogP contribution in [0.25, 0.3) is 0 Å². The molecule has 19 heavy (non-hydrogen) atoms. The van der Waals surface area contributed by atoms with E-state index in [2.05, 4.69) is 0 Å². The van der Waals surface area contributed by atoms with E-state index in [1.54, 1.807) is 11.0 Å². The highest BCUT2D eigenvalue weighted by atomic mass is 35.5. The molecule has 1 aliphatic heterocycles. The fourth-order valence-electron chi connectivity index (χ4n) is 2.31. The minimum absolute atomic E-state index is 0.121. The number of piperidine rings is 1. The van der Waals surface area contributed by atoms with E-state index in [1.165, 1.54) is 12.1 Å². The Balaban J connectivity index is 2.28. The normalized spacial score (nSPS) is 19.2. The summed E-state index contributed by atoms with van der Waals surface area (Å²) in [5.41, 5.74) is 5.92. The molecule has 1 heterocycles. The Morgan fingerprint density at radius 3 is 2.84 bits per heavy atom. The number of thiocarbonyl (C=S) groups is 1. The molecule has 0 radical (unpaired) electrons. The third-order valence-corrected chi connectivity index (χ3v) is 3.79. The number of likely N-dealkylation sites (tertiary alicyclic amines) is 1. The lowest BCUT2D eigenvalue weighted by atomic mass is 10.0. The van der Waals surface area contributed by atoms with Crippen molar-refractivity contribution in [3.8, 4) is 5.75 Å². The second-order valence-electron chi connectivity index (χ2n) is 4.57. The number of benzene rings is 1. The largest absolute Gasteiger partial charge is 0.507 e. The van der Waals surface area contributed by atoms with Crippen LogP contribution in [-0.4, -0.2) is 33.5 Å². The molecule has 0 aromatic heterocycles. The summed E-state index contributed by atoms with van der Waals surface area (Å²) in [5.74, 6) is -0.378. The number of amides is 1. The average molecular weight is 299 g/mol. The van der Waals surface area contributed by atoms with Gasteiger partial charge in [-0.2, -0.15) is 0 Å². The second kappa shape index (κ2) is 5.75. The summed E-state index contributed by atoms with van der Waals surface area (Å²) in [6, 6.07) is 4.22. The van der Waals surface area contributed by atoms with Gasteiger partial charge in [0.05, 0.1) is 16.6 Å². The first-order valence-electron chi connectivity index (χ1n) is 6.09. The van der Waals surface area contributed by atoms with Crippen molar-refractivity contribution in [2.24, 2.45) is 5.73 Å². The van der Waals surface area contributed by atoms with Gasteiger partial charge in [-0.3, -0.25) is 4.79 Å². The highest BCUT2D eigenvalue weighted by molar-refractivity contribution is 7.80. The van der Waals surface area contributed by atoms with Gasteiger partial charge in [-0.05, 0) is 37.5 Å². The number of carbonyl (C=O) groups excluding carboxylic acids is 1. The lowest BCUT2D eigenvalue weighted by Gasteiger charge is -2.35. The fourth-order valence-corrected chi connectivity index (χ4v) is 2.72. The zero-order valence-electron chi connectivity index (χ0n) is 10.3. The van der Waals surface area contributed by atoms with Crippen LogP contribution in [-0.2, 0) is 0 Å². The van der Waals surface area contributed by atoms with Gasteiger partial charge in [0.2, 0.25) is 0 Å². The monoisotopic (exact) mass is 298 g/mol. The zero-order valence-corrected chi connectivity index (χ0v) is 11.9. The number of carbonyl (C=O) groups is 1. The van der Waals surface area contributed by atoms with Crippen molar-refractivity contribution in [3.05, 3.63) is 28.8 Å². The summed E-state index contributed by atoms with van der Waals surface area (Å²) in [5, 5.41) is 10.2. The van der Waals surface area contributed by atoms with Gasteiger partial charge in [0, 0.05) is 11.6 Å². The van der Waals surface area contributed by atoms with Crippen molar-refractivity contribution >= 4 is 34.7 Å². The van der Waals surface area contributed by atoms with Crippen LogP contribution in [0.1, 0.15) is 29.6 Å². The molecule has 1 atom stereocenters. The van der Waals surface area contributed by atoms with Crippen molar-refractivity contribution in [1.82, 2.24) is 4.90 Å². The third kappa shape index (κ3) is 2.98. The molecule has 102 valence electrons. The Kier molecular flexibility index (Phi) is 4.27. The topological polar surface area (TPSA) is 66.6 Å². The fraction of sp³-hybridized carbons (Fsp3) is 0.385. The first-order valence-corrected chi connectivity index (χ1v) is 6.88. The van der Waals surface area contributed by atoms with Gasteiger partial charge in [0.25, 0.3) is 5.91 Å². The van der Waals surface area contributed by atoms with E-state index in [4.69, 9.17) is 29.6 Å². The number of rotatable bonds is 2. The number of phenolic OH excluding ortho intramolecular Hbond substituents is 1. The SMILES string of the molecule is NC(=S)C1CCCCN1C(=O)c1ccc(Cl)cc1O. The second-order valence-corrected chi connectivity index (χ2v) is 5.48. The number of nitrogens with zero attached hydrogens (tertiary/aromatic N) is 1. The molecule has 0 spiro atoms. The predicted octanol–water partition coefficient (Wildman–Crippen LogP) is 2.33. The van der Waals surface area contributed by atoms with Gasteiger partial charge in [-0.15, -0.1) is 0 Å². The van der Waals surface area contributed by atoms with Crippen LogP contribution in [0.4, 0.5) is 0 Å². The van der Waals surface area contributed by atoms with Gasteiger partial charge in [0.1, 0.15) is 5.75 Å². The molecule has 1 aromatic carbocycles. The molecule has 1 amide bonds. The molecular formula is C13H15ClN2O2S. The van der Waals surface area contributed by atoms with Crippen LogP contribution in [0.5, 0.6) is 5.75 Å². The quantitative estimate of drug-likeness (QED) is 0.822. The summed E-state index contributed by atoms with van der Waals surface area (Å²) >= 11 is 10.8. The van der Waals surface area contributed by atoms with E-state index in [1.807, 2.05) is 0 Å². The summed E-state index contributed by atoms with van der Waals surface area (Å²) in [6.45, 7) is 0.600. The van der Waals surface area contributed by atoms with Gasteiger partial charge < -0.3 is 15.7 Å². The van der Waals surface area contributed by atoms with Crippen molar-refractivity contribution < 1.29 is 9.90 Å². The Bertz CT molecular complexity index is 521. The molecule has 1 unspecified atom stereocenters. The van der Waals surface area contributed by atoms with E-state index in [-0.39, 0.29) is 23.3 Å². The molecule has 0 aliphatic carbocycles. The molecular weight excluding hydrogens is 284 g/mol. The van der Waals surface area contributed by atoms with Crippen molar-refractivity contribution in [2.45, 2.75) is 25.3 Å². The Morgan fingerprint density at radius 2 is 2.21 bits per heavy atom. The molecule has 1 fully saturated rings. The first-order chi connectivity index (χ1) is 9.00. The number of halogens is 1. The minimum Gasteiger partial charge on any atom is -0.507 e. The highest BCUT2D eigenvalue weighted by Crippen LogP contribution is 2.26. The van der Waals surface area contributed by atoms with Crippen LogP contribution in [0.2, 0.25) is 5.02 Å². The van der Waals surface area contributed by atoms with Crippen LogP contribution >= 0.6 is 23.8 Å². The van der Waals surface area contributed by atoms with Crippen LogP contribution < -0.4 is 5.73 Å². The maximum Gasteiger partial charge on any atom is 0.258 e. The standard InChI is InChI=1S/C13H15ClN2O2S/c14-8-4-5-9(11(17)7-8)13(18)16-6-2-1-3-10(16)12(15)19/h4-5,7,10,17H,1-3,6H2,(H2,15,19). The third-order valence-electron chi connectivity index (χ3n) is 3.28. The van der Waals surface area contributed by atoms with Gasteiger partial charge in [-0.25, -0.2) is 0 Å². The first kappa shape index (κ1) is 14.1. The number of phenols is 1. The van der Waals surface area contributed by atoms with E-state index in [0.717, 1.165) is 19.3 Å². The number of hydrogen-bond donors (Lipinski definition) is 2. The Hall–Kier alpha value is -1.33. The molecule has 0 saturated carbocycles. The number of hydrogen-bond acceptors (Lipinski definition) is 3. The molecule has 1 aliphatic rings. The van der Waals surface area contributed by atoms with Crippen molar-refractivity contribution in [1.29, 1.82) is 0 Å². The van der Waals surface area contributed by atoms with Crippen molar-refractivity contribution in [2.75, 3.05) is 6.54 Å². The van der Waals surface area contributed by atoms with E-state index in [0.29, 0.717) is 16.6 Å². The highest BCUT2D eigenvalue weighted by Gasteiger charge is 2.30. The lowest BCUT2D eigenvalue weighted by molar-refractivity contribution is 0.0678. The Morgan fingerprint density at radius 1 is 1.47 bits per heavy atom. The van der Waals surface area contributed by atoms with Crippen LogP contribution in [0.15, 0.2) is 18.2 Å². The predicted molar refractivity (Wildman–Crippen MR) is 78.6 cm³/mol. The van der Waals surface area contributed by atoms with E-state index < -0.39 is 0 Å². The van der Waals surface area contributed by atoms with Gasteiger partial charge >= 0.3 is 0 Å². The summed E-state index contributed by atoms with van der Waals surface area (Å²) in [6.07, 6.45) is 2.69. The van der Waals surface area contributed by atoms with E-state index >= 15 is 0 Å². The summed E-state index contributed by atoms with van der Waals surface area (Å²) < 4.78 is 0. The van der Waals surface area contributed by atoms with Gasteiger partial charge in [0.15, 0.2) is 0 Å². The molecule has 3 N–H and O–H groups in total. The summed E-state index contributed by atoms with van der Waals surface area (Å²) in [4.78, 5) is 14.4. The summed E-state index contributed by atoms with van der Waals surface area (Å²) in [7, 11) is 0. The van der Waals surface area contributed by atoms with Crippen molar-refractivity contribution in [3.63, 3.8) is 0 Å². The van der Waals surface area contributed by atoms with E-state index in [9.17, 15) is 9.90 Å². The maximum absolute atomic E-state index is 12.5. The zero-order chi connectivity index (χ0) is 14.0. The number of aromatic hydroxyl groups is 1. The average Bonchev–Trinajstić information content (AvgIpc) is 2.38. The van der Waals surface area contributed by atoms with Crippen LogP contribution in [0, 0.1) is 0 Å². The van der Waals surface area contributed by atoms with Gasteiger partial charge in [-0.1, -0.05) is 23.8 Å². The maximum atomic E-state index is 12.5. The number of nitrogens with two attached hydrogens (primary N) is 1. The smallest absolute Gasteiger partial charge is 0.258 e. The molecule has 0 bridgehead atoms. The Labute approximate surface area is 122 Å². The minimum atomic E-state index is -0.258.